The summed E-state index contributed by atoms with van der Waals surface area (Å²) in [4.78, 5) is 38.5. The van der Waals surface area contributed by atoms with Gasteiger partial charge >= 0.3 is 11.6 Å². The summed E-state index contributed by atoms with van der Waals surface area (Å²) in [5.41, 5.74) is 3.74. The van der Waals surface area contributed by atoms with Crippen LogP contribution in [0.2, 0.25) is 0 Å². The number of furan rings is 1. The number of hydrogen-bond acceptors (Lipinski definition) is 5. The first kappa shape index (κ1) is 19.8. The molecule has 1 aromatic carbocycles. The number of hydrogen-bond donors (Lipinski definition) is 1. The number of fused-ring (bicyclic) bond motifs is 4. The number of carbonyl (C=O) groups excluding carboxylic acids is 1. The Labute approximate surface area is 178 Å². The Bertz CT molecular complexity index is 1300. The van der Waals surface area contributed by atoms with Gasteiger partial charge in [-0.05, 0) is 57.6 Å². The molecule has 1 amide bonds. The molecule has 1 saturated heterocycles. The van der Waals surface area contributed by atoms with Gasteiger partial charge in [-0.2, -0.15) is 0 Å². The summed E-state index contributed by atoms with van der Waals surface area (Å²) in [5.74, 6) is -0.335. The molecule has 0 bridgehead atoms. The Morgan fingerprint density at radius 2 is 1.81 bits per heavy atom. The maximum atomic E-state index is 12.9. The van der Waals surface area contributed by atoms with Crippen LogP contribution in [-0.4, -0.2) is 34.5 Å². The quantitative estimate of drug-likeness (QED) is 0.646. The first-order chi connectivity index (χ1) is 14.9. The number of likely N-dealkylation sites (tertiary alicyclic amines) is 1. The lowest BCUT2D eigenvalue weighted by Crippen LogP contribution is -2.41. The molecule has 2 aromatic heterocycles. The van der Waals surface area contributed by atoms with Gasteiger partial charge in [-0.15, -0.1) is 0 Å². The van der Waals surface area contributed by atoms with Gasteiger partial charge in [0, 0.05) is 34.9 Å². The van der Waals surface area contributed by atoms with Crippen molar-refractivity contribution >= 4 is 33.8 Å². The summed E-state index contributed by atoms with van der Waals surface area (Å²) >= 11 is 0. The van der Waals surface area contributed by atoms with E-state index in [9.17, 15) is 19.5 Å². The molecule has 1 atom stereocenters. The van der Waals surface area contributed by atoms with Gasteiger partial charge in [0.2, 0.25) is 5.91 Å². The molecule has 7 nitrogen and oxygen atoms in total. The van der Waals surface area contributed by atoms with E-state index in [0.29, 0.717) is 36.1 Å². The first-order valence-corrected chi connectivity index (χ1v) is 10.9. The minimum atomic E-state index is -1.00. The zero-order valence-corrected chi connectivity index (χ0v) is 17.7. The molecule has 1 fully saturated rings. The highest BCUT2D eigenvalue weighted by molar-refractivity contribution is 6.00. The fraction of sp³-hybridized carbons (Fsp3) is 0.458. The van der Waals surface area contributed by atoms with Crippen LogP contribution in [0, 0.1) is 13.8 Å². The SMILES string of the molecule is Cc1c(CC(=O)N2CCCC2C(=O)O)c(=O)oc2c(C)c3oc4c(c3cc12)CCCC4. The number of aliphatic carboxylic acids is 1. The number of rotatable bonds is 3. The zero-order chi connectivity index (χ0) is 21.9. The van der Waals surface area contributed by atoms with E-state index in [1.54, 1.807) is 0 Å². The van der Waals surface area contributed by atoms with Gasteiger partial charge in [-0.1, -0.05) is 0 Å². The lowest BCUT2D eigenvalue weighted by molar-refractivity contribution is -0.148. The Kier molecular flexibility index (Phi) is 4.64. The molecule has 0 saturated carbocycles. The highest BCUT2D eigenvalue weighted by Gasteiger charge is 2.34. The second-order valence-electron chi connectivity index (χ2n) is 8.72. The van der Waals surface area contributed by atoms with Gasteiger partial charge in [-0.3, -0.25) is 4.79 Å². The minimum Gasteiger partial charge on any atom is -0.480 e. The van der Waals surface area contributed by atoms with Crippen LogP contribution in [-0.2, 0) is 28.9 Å². The largest absolute Gasteiger partial charge is 0.480 e. The number of carbonyl (C=O) groups is 2. The molecule has 0 spiro atoms. The van der Waals surface area contributed by atoms with Crippen LogP contribution in [0.3, 0.4) is 0 Å². The van der Waals surface area contributed by atoms with Gasteiger partial charge in [0.25, 0.3) is 0 Å². The van der Waals surface area contributed by atoms with Crippen molar-refractivity contribution < 1.29 is 23.5 Å². The van der Waals surface area contributed by atoms with Crippen LogP contribution in [0.15, 0.2) is 19.7 Å². The molecule has 2 aliphatic rings. The van der Waals surface area contributed by atoms with Gasteiger partial charge in [0.1, 0.15) is 23.0 Å². The lowest BCUT2D eigenvalue weighted by Gasteiger charge is -2.21. The van der Waals surface area contributed by atoms with E-state index >= 15 is 0 Å². The lowest BCUT2D eigenvalue weighted by atomic mass is 9.93. The van der Waals surface area contributed by atoms with Gasteiger partial charge in [0.05, 0.1) is 12.0 Å². The maximum absolute atomic E-state index is 12.9. The van der Waals surface area contributed by atoms with Crippen LogP contribution in [0.5, 0.6) is 0 Å². The third-order valence-electron chi connectivity index (χ3n) is 6.91. The monoisotopic (exact) mass is 423 g/mol. The Morgan fingerprint density at radius 1 is 1.06 bits per heavy atom. The van der Waals surface area contributed by atoms with E-state index < -0.39 is 17.6 Å². The van der Waals surface area contributed by atoms with E-state index in [0.717, 1.165) is 53.4 Å². The number of carboxylic acid groups (broad SMARTS) is 1. The first-order valence-electron chi connectivity index (χ1n) is 10.9. The number of aryl methyl sites for hydroxylation is 4. The molecule has 0 radical (unpaired) electrons. The van der Waals surface area contributed by atoms with E-state index in [4.69, 9.17) is 8.83 Å². The number of amides is 1. The molecule has 31 heavy (non-hydrogen) atoms. The van der Waals surface area contributed by atoms with Crippen LogP contribution in [0.4, 0.5) is 0 Å². The maximum Gasteiger partial charge on any atom is 0.340 e. The molecule has 1 aliphatic carbocycles. The molecule has 3 aromatic rings. The van der Waals surface area contributed by atoms with E-state index in [1.807, 2.05) is 19.9 Å². The molecule has 1 aliphatic heterocycles. The van der Waals surface area contributed by atoms with Gasteiger partial charge < -0.3 is 18.8 Å². The number of nitrogens with zero attached hydrogens (tertiary/aromatic N) is 1. The highest BCUT2D eigenvalue weighted by atomic mass is 16.4. The smallest absolute Gasteiger partial charge is 0.340 e. The predicted octanol–water partition coefficient (Wildman–Crippen LogP) is 3.65. The van der Waals surface area contributed by atoms with E-state index in [1.165, 1.54) is 10.5 Å². The molecule has 1 unspecified atom stereocenters. The standard InChI is InChI=1S/C24H25NO6/c1-12-15-10-17-14-6-3-4-8-19(14)30-22(17)13(2)21(15)31-24(29)16(12)11-20(26)25-9-5-7-18(25)23(27)28/h10,18H,3-9,11H2,1-2H3,(H,27,28). The van der Waals surface area contributed by atoms with Crippen molar-refractivity contribution in [2.75, 3.05) is 6.54 Å². The van der Waals surface area contributed by atoms with E-state index in [-0.39, 0.29) is 12.3 Å². The predicted molar refractivity (Wildman–Crippen MR) is 114 cm³/mol. The minimum absolute atomic E-state index is 0.158. The summed E-state index contributed by atoms with van der Waals surface area (Å²) in [7, 11) is 0. The topological polar surface area (TPSA) is 101 Å². The fourth-order valence-corrected chi connectivity index (χ4v) is 5.20. The Hall–Kier alpha value is -3.09. The molecule has 5 rings (SSSR count). The molecule has 3 heterocycles. The van der Waals surface area contributed by atoms with Crippen molar-refractivity contribution in [1.29, 1.82) is 0 Å². The second-order valence-corrected chi connectivity index (χ2v) is 8.72. The summed E-state index contributed by atoms with van der Waals surface area (Å²) in [6.45, 7) is 4.13. The highest BCUT2D eigenvalue weighted by Crippen LogP contribution is 2.38. The van der Waals surface area contributed by atoms with Crippen LogP contribution in [0.25, 0.3) is 21.9 Å². The Balaban J connectivity index is 1.61. The van der Waals surface area contributed by atoms with Crippen molar-refractivity contribution in [2.45, 2.75) is 64.8 Å². The van der Waals surface area contributed by atoms with E-state index in [2.05, 4.69) is 0 Å². The zero-order valence-electron chi connectivity index (χ0n) is 17.7. The van der Waals surface area contributed by atoms with Gasteiger partial charge in [0.15, 0.2) is 0 Å². The molecule has 162 valence electrons. The Morgan fingerprint density at radius 3 is 2.58 bits per heavy atom. The molecule has 1 N–H and O–H groups in total. The van der Waals surface area contributed by atoms with Crippen molar-refractivity contribution in [2.24, 2.45) is 0 Å². The van der Waals surface area contributed by atoms with Gasteiger partial charge in [-0.25, -0.2) is 9.59 Å². The summed E-state index contributed by atoms with van der Waals surface area (Å²) in [6, 6.07) is 1.20. The van der Waals surface area contributed by atoms with Crippen molar-refractivity contribution in [3.8, 4) is 0 Å². The average molecular weight is 423 g/mol. The summed E-state index contributed by atoms with van der Waals surface area (Å²) < 4.78 is 11.8. The number of benzene rings is 1. The van der Waals surface area contributed by atoms with Crippen molar-refractivity contribution in [3.05, 3.63) is 44.5 Å². The molecular formula is C24H25NO6. The molecular weight excluding hydrogens is 398 g/mol. The second kappa shape index (κ2) is 7.25. The average Bonchev–Trinajstić information content (AvgIpc) is 3.37. The third kappa shape index (κ3) is 3.06. The van der Waals surface area contributed by atoms with Crippen molar-refractivity contribution in [1.82, 2.24) is 4.90 Å². The number of carboxylic acids is 1. The third-order valence-corrected chi connectivity index (χ3v) is 6.91. The summed E-state index contributed by atoms with van der Waals surface area (Å²) in [6.07, 6.45) is 5.06. The van der Waals surface area contributed by atoms with Crippen LogP contribution < -0.4 is 5.63 Å². The normalized spacial score (nSPS) is 18.6. The molecule has 7 heteroatoms. The van der Waals surface area contributed by atoms with Crippen molar-refractivity contribution in [3.63, 3.8) is 0 Å². The van der Waals surface area contributed by atoms with Crippen LogP contribution in [0.1, 0.15) is 53.7 Å². The van der Waals surface area contributed by atoms with Crippen LogP contribution >= 0.6 is 0 Å². The summed E-state index contributed by atoms with van der Waals surface area (Å²) in [5, 5.41) is 11.2. The fourth-order valence-electron chi connectivity index (χ4n) is 5.20.